The molecule has 0 aromatic carbocycles. The molecule has 0 radical (unpaired) electrons. The van der Waals surface area contributed by atoms with E-state index in [1.54, 1.807) is 13.3 Å². The van der Waals surface area contributed by atoms with Gasteiger partial charge < -0.3 is 24.3 Å². The van der Waals surface area contributed by atoms with Crippen LogP contribution in [0, 0.1) is 0 Å². The van der Waals surface area contributed by atoms with Gasteiger partial charge in [-0.05, 0) is 12.6 Å². The first-order chi connectivity index (χ1) is 10.4. The summed E-state index contributed by atoms with van der Waals surface area (Å²) in [5, 5.41) is 3.23. The summed E-state index contributed by atoms with van der Waals surface area (Å²) in [7, 11) is 1.65. The summed E-state index contributed by atoms with van der Waals surface area (Å²) in [5.41, 5.74) is 0.974. The molecule has 0 aliphatic carbocycles. The maximum absolute atomic E-state index is 5.62. The Hall–Kier alpha value is -1.21. The van der Waals surface area contributed by atoms with Gasteiger partial charge in [-0.2, -0.15) is 0 Å². The lowest BCUT2D eigenvalue weighted by molar-refractivity contribution is 0.0179. The predicted octanol–water partition coefficient (Wildman–Crippen LogP) is 1.25. The number of hydrogen-bond donors (Lipinski definition) is 1. The van der Waals surface area contributed by atoms with Crippen LogP contribution >= 0.6 is 0 Å². The minimum atomic E-state index is 0.517. The minimum Gasteiger partial charge on any atom is -0.491 e. The summed E-state index contributed by atoms with van der Waals surface area (Å²) < 4.78 is 21.2. The van der Waals surface area contributed by atoms with Gasteiger partial charge in [0, 0.05) is 25.9 Å². The van der Waals surface area contributed by atoms with Gasteiger partial charge >= 0.3 is 0 Å². The Kier molecular flexibility index (Phi) is 10.6. The Balaban J connectivity index is 2.04. The maximum atomic E-state index is 5.62. The van der Waals surface area contributed by atoms with Crippen molar-refractivity contribution in [3.05, 3.63) is 24.0 Å². The highest BCUT2D eigenvalue weighted by Gasteiger charge is 1.98. The molecule has 0 atom stereocenters. The Morgan fingerprint density at radius 2 is 1.76 bits per heavy atom. The Morgan fingerprint density at radius 3 is 2.48 bits per heavy atom. The maximum Gasteiger partial charge on any atom is 0.122 e. The molecule has 0 saturated heterocycles. The van der Waals surface area contributed by atoms with E-state index in [0.717, 1.165) is 24.5 Å². The van der Waals surface area contributed by atoms with E-state index in [0.29, 0.717) is 39.6 Å². The molecule has 0 saturated carbocycles. The SMILES string of the molecule is CCNCc1cc(OCCOCCOCCOC)ccn1. The van der Waals surface area contributed by atoms with E-state index in [9.17, 15) is 0 Å². The highest BCUT2D eigenvalue weighted by atomic mass is 16.6. The number of nitrogens with zero attached hydrogens (tertiary/aromatic N) is 1. The zero-order chi connectivity index (χ0) is 15.2. The van der Waals surface area contributed by atoms with E-state index >= 15 is 0 Å². The summed E-state index contributed by atoms with van der Waals surface area (Å²) in [6.45, 7) is 7.15. The fourth-order valence-electron chi connectivity index (χ4n) is 1.58. The molecule has 6 nitrogen and oxygen atoms in total. The van der Waals surface area contributed by atoms with Crippen molar-refractivity contribution < 1.29 is 18.9 Å². The second-order valence-corrected chi connectivity index (χ2v) is 4.33. The van der Waals surface area contributed by atoms with E-state index in [4.69, 9.17) is 18.9 Å². The fourth-order valence-corrected chi connectivity index (χ4v) is 1.58. The first-order valence-corrected chi connectivity index (χ1v) is 7.29. The normalized spacial score (nSPS) is 10.8. The van der Waals surface area contributed by atoms with Crippen LogP contribution in [0.3, 0.4) is 0 Å². The van der Waals surface area contributed by atoms with Crippen molar-refractivity contribution in [2.75, 3.05) is 53.3 Å². The van der Waals surface area contributed by atoms with Crippen molar-refractivity contribution in [3.8, 4) is 5.75 Å². The van der Waals surface area contributed by atoms with Crippen LogP contribution in [0.1, 0.15) is 12.6 Å². The highest BCUT2D eigenvalue weighted by molar-refractivity contribution is 5.22. The molecule has 1 heterocycles. The summed E-state index contributed by atoms with van der Waals surface area (Å²) in [6.07, 6.45) is 1.76. The van der Waals surface area contributed by atoms with Crippen LogP contribution in [0.2, 0.25) is 0 Å². The van der Waals surface area contributed by atoms with Crippen LogP contribution in [-0.2, 0) is 20.8 Å². The summed E-state index contributed by atoms with van der Waals surface area (Å²) in [4.78, 5) is 4.27. The molecule has 120 valence electrons. The van der Waals surface area contributed by atoms with Gasteiger partial charge in [-0.15, -0.1) is 0 Å². The number of ether oxygens (including phenoxy) is 4. The molecule has 6 heteroatoms. The van der Waals surface area contributed by atoms with E-state index in [1.165, 1.54) is 0 Å². The van der Waals surface area contributed by atoms with E-state index in [1.807, 2.05) is 12.1 Å². The molecule has 0 aliphatic rings. The highest BCUT2D eigenvalue weighted by Crippen LogP contribution is 2.10. The van der Waals surface area contributed by atoms with Crippen LogP contribution in [0.5, 0.6) is 5.75 Å². The van der Waals surface area contributed by atoms with Gasteiger partial charge in [-0.3, -0.25) is 4.98 Å². The molecule has 0 aliphatic heterocycles. The molecular formula is C15H26N2O4. The largest absolute Gasteiger partial charge is 0.491 e. The average molecular weight is 298 g/mol. The lowest BCUT2D eigenvalue weighted by Crippen LogP contribution is -2.14. The molecule has 21 heavy (non-hydrogen) atoms. The molecule has 0 amide bonds. The Labute approximate surface area is 126 Å². The van der Waals surface area contributed by atoms with Crippen molar-refractivity contribution in [3.63, 3.8) is 0 Å². The third-order valence-corrected chi connectivity index (χ3v) is 2.64. The topological polar surface area (TPSA) is 61.8 Å². The molecule has 1 N–H and O–H groups in total. The van der Waals surface area contributed by atoms with Crippen LogP contribution in [0.25, 0.3) is 0 Å². The number of rotatable bonds is 13. The summed E-state index contributed by atoms with van der Waals surface area (Å²) >= 11 is 0. The fraction of sp³-hybridized carbons (Fsp3) is 0.667. The molecule has 0 spiro atoms. The number of hydrogen-bond acceptors (Lipinski definition) is 6. The molecule has 0 fully saturated rings. The van der Waals surface area contributed by atoms with Crippen molar-refractivity contribution in [2.45, 2.75) is 13.5 Å². The standard InChI is InChI=1S/C15H26N2O4/c1-3-16-13-14-12-15(4-5-17-14)21-11-10-20-9-8-19-7-6-18-2/h4-5,12,16H,3,6-11,13H2,1-2H3. The molecule has 1 aromatic heterocycles. The number of nitrogens with one attached hydrogen (secondary N) is 1. The first kappa shape index (κ1) is 17.8. The minimum absolute atomic E-state index is 0.517. The first-order valence-electron chi connectivity index (χ1n) is 7.29. The lowest BCUT2D eigenvalue weighted by atomic mass is 10.3. The van der Waals surface area contributed by atoms with Gasteiger partial charge in [0.2, 0.25) is 0 Å². The second kappa shape index (κ2) is 12.5. The molecule has 0 unspecified atom stereocenters. The van der Waals surface area contributed by atoms with E-state index < -0.39 is 0 Å². The van der Waals surface area contributed by atoms with E-state index in [-0.39, 0.29) is 0 Å². The molecular weight excluding hydrogens is 272 g/mol. The zero-order valence-electron chi connectivity index (χ0n) is 13.0. The van der Waals surface area contributed by atoms with Crippen molar-refractivity contribution in [1.29, 1.82) is 0 Å². The molecule has 1 aromatic rings. The Morgan fingerprint density at radius 1 is 1.05 bits per heavy atom. The monoisotopic (exact) mass is 298 g/mol. The van der Waals surface area contributed by atoms with Gasteiger partial charge in [0.1, 0.15) is 12.4 Å². The van der Waals surface area contributed by atoms with E-state index in [2.05, 4.69) is 17.2 Å². The Bertz CT molecular complexity index is 363. The predicted molar refractivity (Wildman–Crippen MR) is 80.6 cm³/mol. The van der Waals surface area contributed by atoms with Gasteiger partial charge in [-0.1, -0.05) is 6.92 Å². The van der Waals surface area contributed by atoms with Crippen LogP contribution < -0.4 is 10.1 Å². The lowest BCUT2D eigenvalue weighted by Gasteiger charge is -2.09. The number of methoxy groups -OCH3 is 1. The molecule has 0 bridgehead atoms. The average Bonchev–Trinajstić information content (AvgIpc) is 2.52. The summed E-state index contributed by atoms with van der Waals surface area (Å²) in [5.74, 6) is 0.817. The van der Waals surface area contributed by atoms with Gasteiger partial charge in [0.05, 0.1) is 38.7 Å². The number of aromatic nitrogens is 1. The van der Waals surface area contributed by atoms with Gasteiger partial charge in [-0.25, -0.2) is 0 Å². The van der Waals surface area contributed by atoms with Crippen LogP contribution in [0.15, 0.2) is 18.3 Å². The third kappa shape index (κ3) is 9.36. The second-order valence-electron chi connectivity index (χ2n) is 4.33. The van der Waals surface area contributed by atoms with Crippen LogP contribution in [0.4, 0.5) is 0 Å². The summed E-state index contributed by atoms with van der Waals surface area (Å²) in [6, 6.07) is 3.79. The quantitative estimate of drug-likeness (QED) is 0.553. The zero-order valence-corrected chi connectivity index (χ0v) is 13.0. The molecule has 1 rings (SSSR count). The number of pyridine rings is 1. The van der Waals surface area contributed by atoms with Crippen molar-refractivity contribution in [2.24, 2.45) is 0 Å². The van der Waals surface area contributed by atoms with Gasteiger partial charge in [0.15, 0.2) is 0 Å². The third-order valence-electron chi connectivity index (χ3n) is 2.64. The van der Waals surface area contributed by atoms with Crippen molar-refractivity contribution >= 4 is 0 Å². The van der Waals surface area contributed by atoms with Crippen LogP contribution in [-0.4, -0.2) is 58.3 Å². The smallest absolute Gasteiger partial charge is 0.122 e. The van der Waals surface area contributed by atoms with Gasteiger partial charge in [0.25, 0.3) is 0 Å². The van der Waals surface area contributed by atoms with Crippen molar-refractivity contribution in [1.82, 2.24) is 10.3 Å².